The fraction of sp³-hybridized carbons (Fsp3) is 0.500. The van der Waals surface area contributed by atoms with Crippen LogP contribution in [0.25, 0.3) is 0 Å². The second kappa shape index (κ2) is 10.6. The Morgan fingerprint density at radius 2 is 1.35 bits per heavy atom. The van der Waals surface area contributed by atoms with E-state index >= 15 is 0 Å². The number of hydrogen-bond donors (Lipinski definition) is 0. The van der Waals surface area contributed by atoms with Crippen LogP contribution in [0.2, 0.25) is 0 Å². The van der Waals surface area contributed by atoms with E-state index in [1.54, 1.807) is 0 Å². The van der Waals surface area contributed by atoms with E-state index in [-0.39, 0.29) is 11.8 Å². The van der Waals surface area contributed by atoms with Crippen molar-refractivity contribution in [1.82, 2.24) is 14.7 Å². The predicted octanol–water partition coefficient (Wildman–Crippen LogP) is 4.20. The van der Waals surface area contributed by atoms with Crippen molar-refractivity contribution in [3.63, 3.8) is 0 Å². The molecule has 3 heterocycles. The summed E-state index contributed by atoms with van der Waals surface area (Å²) in [6.07, 6.45) is 6.95. The second-order valence-corrected chi connectivity index (χ2v) is 9.81. The molecule has 0 N–H and O–H groups in total. The molecule has 2 aromatic rings. The fourth-order valence-electron chi connectivity index (χ4n) is 5.43. The van der Waals surface area contributed by atoms with Gasteiger partial charge in [-0.05, 0) is 93.6 Å². The Bertz CT molecular complexity index is 977. The molecular weight excluding hydrogens is 426 g/mol. The minimum Gasteiger partial charge on any atom is -0.489 e. The van der Waals surface area contributed by atoms with Crippen molar-refractivity contribution < 1.29 is 14.3 Å². The highest BCUT2D eigenvalue weighted by molar-refractivity contribution is 5.95. The number of carbonyl (C=O) groups is 2. The van der Waals surface area contributed by atoms with Crippen LogP contribution < -0.4 is 4.74 Å². The monoisotopic (exact) mass is 461 g/mol. The average molecular weight is 462 g/mol. The third kappa shape index (κ3) is 5.27. The van der Waals surface area contributed by atoms with Crippen LogP contribution in [0.15, 0.2) is 48.5 Å². The van der Waals surface area contributed by atoms with Gasteiger partial charge in [-0.1, -0.05) is 12.1 Å². The molecule has 3 aliphatic rings. The Labute approximate surface area is 202 Å². The molecule has 5 rings (SSSR count). The lowest BCUT2D eigenvalue weighted by Gasteiger charge is -2.28. The zero-order valence-corrected chi connectivity index (χ0v) is 20.0. The second-order valence-electron chi connectivity index (χ2n) is 9.81. The van der Waals surface area contributed by atoms with Gasteiger partial charge in [-0.15, -0.1) is 0 Å². The first kappa shape index (κ1) is 22.9. The number of ether oxygens (including phenoxy) is 1. The SMILES string of the molecule is O=C(c1ccc(COc2ccc(C(=O)N3CCC[C@H]3CN3CCCC3)cc2)cc1)N1CCCC1. The number of hydrogen-bond acceptors (Lipinski definition) is 4. The van der Waals surface area contributed by atoms with Crippen molar-refractivity contribution in [1.29, 1.82) is 0 Å². The van der Waals surface area contributed by atoms with Crippen LogP contribution in [0.1, 0.15) is 64.8 Å². The molecule has 2 aromatic carbocycles. The normalized spacial score (nSPS) is 20.8. The Kier molecular flexibility index (Phi) is 7.14. The summed E-state index contributed by atoms with van der Waals surface area (Å²) in [5, 5.41) is 0. The van der Waals surface area contributed by atoms with E-state index in [0.717, 1.165) is 74.3 Å². The summed E-state index contributed by atoms with van der Waals surface area (Å²) >= 11 is 0. The largest absolute Gasteiger partial charge is 0.489 e. The van der Waals surface area contributed by atoms with Crippen LogP contribution >= 0.6 is 0 Å². The molecule has 0 spiro atoms. The molecule has 6 heteroatoms. The van der Waals surface area contributed by atoms with Gasteiger partial charge in [-0.3, -0.25) is 9.59 Å². The lowest BCUT2D eigenvalue weighted by atomic mass is 10.1. The molecule has 3 aliphatic heterocycles. The van der Waals surface area contributed by atoms with Crippen LogP contribution in [0.4, 0.5) is 0 Å². The van der Waals surface area contributed by atoms with E-state index in [0.29, 0.717) is 12.6 Å². The van der Waals surface area contributed by atoms with Crippen LogP contribution in [0.5, 0.6) is 5.75 Å². The molecule has 0 unspecified atom stereocenters. The van der Waals surface area contributed by atoms with Gasteiger partial charge in [0.25, 0.3) is 11.8 Å². The third-order valence-electron chi connectivity index (χ3n) is 7.41. The van der Waals surface area contributed by atoms with Gasteiger partial charge in [0.2, 0.25) is 0 Å². The van der Waals surface area contributed by atoms with E-state index in [1.807, 2.05) is 53.4 Å². The molecule has 3 saturated heterocycles. The van der Waals surface area contributed by atoms with Crippen molar-refractivity contribution in [3.8, 4) is 5.75 Å². The van der Waals surface area contributed by atoms with Crippen molar-refractivity contribution in [2.24, 2.45) is 0 Å². The van der Waals surface area contributed by atoms with Gasteiger partial charge in [0.1, 0.15) is 12.4 Å². The minimum atomic E-state index is 0.117. The van der Waals surface area contributed by atoms with Gasteiger partial charge in [0.15, 0.2) is 0 Å². The number of carbonyl (C=O) groups excluding carboxylic acids is 2. The summed E-state index contributed by atoms with van der Waals surface area (Å²) in [4.78, 5) is 32.1. The number of amides is 2. The summed E-state index contributed by atoms with van der Waals surface area (Å²) < 4.78 is 5.94. The molecule has 6 nitrogen and oxygen atoms in total. The Morgan fingerprint density at radius 3 is 2.06 bits per heavy atom. The summed E-state index contributed by atoms with van der Waals surface area (Å²) in [6.45, 7) is 6.35. The van der Waals surface area contributed by atoms with Crippen LogP contribution in [0, 0.1) is 0 Å². The van der Waals surface area contributed by atoms with Crippen molar-refractivity contribution in [2.75, 3.05) is 39.3 Å². The number of nitrogens with zero attached hydrogens (tertiary/aromatic N) is 3. The van der Waals surface area contributed by atoms with E-state index in [1.165, 1.54) is 25.9 Å². The molecule has 0 bridgehead atoms. The fourth-order valence-corrected chi connectivity index (χ4v) is 5.43. The minimum absolute atomic E-state index is 0.117. The smallest absolute Gasteiger partial charge is 0.254 e. The quantitative estimate of drug-likeness (QED) is 0.620. The van der Waals surface area contributed by atoms with E-state index in [9.17, 15) is 9.59 Å². The highest BCUT2D eigenvalue weighted by atomic mass is 16.5. The zero-order chi connectivity index (χ0) is 23.3. The van der Waals surface area contributed by atoms with Crippen LogP contribution in [0.3, 0.4) is 0 Å². The lowest BCUT2D eigenvalue weighted by molar-refractivity contribution is 0.0708. The number of benzene rings is 2. The first-order valence-electron chi connectivity index (χ1n) is 12.8. The predicted molar refractivity (Wildman–Crippen MR) is 132 cm³/mol. The van der Waals surface area contributed by atoms with E-state index in [2.05, 4.69) is 9.80 Å². The van der Waals surface area contributed by atoms with Gasteiger partial charge >= 0.3 is 0 Å². The van der Waals surface area contributed by atoms with Gasteiger partial charge < -0.3 is 19.4 Å². The summed E-state index contributed by atoms with van der Waals surface area (Å²) in [7, 11) is 0. The highest BCUT2D eigenvalue weighted by Crippen LogP contribution is 2.24. The van der Waals surface area contributed by atoms with Gasteiger partial charge in [-0.2, -0.15) is 0 Å². The van der Waals surface area contributed by atoms with Gasteiger partial charge in [-0.25, -0.2) is 0 Å². The average Bonchev–Trinajstić information content (AvgIpc) is 3.66. The van der Waals surface area contributed by atoms with Crippen LogP contribution in [-0.4, -0.2) is 71.8 Å². The zero-order valence-electron chi connectivity index (χ0n) is 20.0. The first-order valence-corrected chi connectivity index (χ1v) is 12.8. The molecular formula is C28H35N3O3. The molecule has 2 amide bonds. The molecule has 0 radical (unpaired) electrons. The third-order valence-corrected chi connectivity index (χ3v) is 7.41. The van der Waals surface area contributed by atoms with Crippen molar-refractivity contribution >= 4 is 11.8 Å². The maximum absolute atomic E-state index is 13.1. The molecule has 0 aliphatic carbocycles. The van der Waals surface area contributed by atoms with E-state index < -0.39 is 0 Å². The Balaban J connectivity index is 1.13. The maximum atomic E-state index is 13.1. The highest BCUT2D eigenvalue weighted by Gasteiger charge is 2.31. The lowest BCUT2D eigenvalue weighted by Crippen LogP contribution is -2.42. The topological polar surface area (TPSA) is 53.1 Å². The van der Waals surface area contributed by atoms with Crippen LogP contribution in [-0.2, 0) is 6.61 Å². The molecule has 0 saturated carbocycles. The van der Waals surface area contributed by atoms with Crippen molar-refractivity contribution in [2.45, 2.75) is 51.2 Å². The molecule has 34 heavy (non-hydrogen) atoms. The number of rotatable bonds is 7. The molecule has 1 atom stereocenters. The maximum Gasteiger partial charge on any atom is 0.254 e. The Hall–Kier alpha value is -2.86. The summed E-state index contributed by atoms with van der Waals surface area (Å²) in [5.74, 6) is 0.987. The molecule has 0 aromatic heterocycles. The van der Waals surface area contributed by atoms with Gasteiger partial charge in [0.05, 0.1) is 0 Å². The summed E-state index contributed by atoms with van der Waals surface area (Å²) in [5.41, 5.74) is 2.48. The number of likely N-dealkylation sites (tertiary alicyclic amines) is 3. The Morgan fingerprint density at radius 1 is 0.735 bits per heavy atom. The van der Waals surface area contributed by atoms with E-state index in [4.69, 9.17) is 4.74 Å². The van der Waals surface area contributed by atoms with Gasteiger partial charge in [0, 0.05) is 43.3 Å². The first-order chi connectivity index (χ1) is 16.7. The van der Waals surface area contributed by atoms with Crippen molar-refractivity contribution in [3.05, 3.63) is 65.2 Å². The molecule has 3 fully saturated rings. The molecule has 180 valence electrons. The standard InChI is InChI=1S/C28H35N3O3/c32-27(30-17-3-4-18-30)23-9-7-22(8-10-23)21-34-26-13-11-24(12-14-26)28(33)31-19-5-6-25(31)20-29-15-1-2-16-29/h7-14,25H,1-6,15-21H2/t25-/m0/s1. The summed E-state index contributed by atoms with van der Waals surface area (Å²) in [6, 6.07) is 15.5.